The number of benzene rings is 3. The molecule has 50 heavy (non-hydrogen) atoms. The highest BCUT2D eigenvalue weighted by Gasteiger charge is 2.18. The number of amidine groups is 2. The normalized spacial score (nSPS) is 16.6. The number of fused-ring (bicyclic) bond motifs is 1. The van der Waals surface area contributed by atoms with E-state index in [2.05, 4.69) is 137 Å². The van der Waals surface area contributed by atoms with Gasteiger partial charge in [-0.2, -0.15) is 0 Å². The molecule has 5 rings (SSSR count). The average Bonchev–Trinajstić information content (AvgIpc) is 3.14. The highest BCUT2D eigenvalue weighted by Crippen LogP contribution is 2.28. The smallest absolute Gasteiger partial charge is 0.160 e. The van der Waals surface area contributed by atoms with E-state index in [1.807, 2.05) is 43.5 Å². The first-order valence-electron chi connectivity index (χ1n) is 17.7. The van der Waals surface area contributed by atoms with Crippen molar-refractivity contribution < 1.29 is 0 Å². The molecule has 3 aromatic rings. The molecule has 4 heteroatoms. The third-order valence-corrected chi connectivity index (χ3v) is 9.32. The number of hydrogen-bond acceptors (Lipinski definition) is 2. The van der Waals surface area contributed by atoms with E-state index in [1.54, 1.807) is 0 Å². The SMILES string of the molecule is C=C(N=C(N=C(C)c1ccc(C(C)(C)/C=C/C=C(\C)C(C)N=C(N=CC)C2=CCCC=C2)cc1)c1cccc2c1C=CCC2)c1ccccc1. The summed E-state index contributed by atoms with van der Waals surface area (Å²) in [4.78, 5) is 19.7. The Kier molecular flexibility index (Phi) is 12.2. The van der Waals surface area contributed by atoms with E-state index >= 15 is 0 Å². The van der Waals surface area contributed by atoms with Crippen LogP contribution < -0.4 is 0 Å². The minimum Gasteiger partial charge on any atom is -0.259 e. The van der Waals surface area contributed by atoms with Gasteiger partial charge in [0, 0.05) is 28.5 Å². The molecular formula is C46H50N4. The van der Waals surface area contributed by atoms with Gasteiger partial charge < -0.3 is 0 Å². The number of hydrogen-bond donors (Lipinski definition) is 0. The van der Waals surface area contributed by atoms with Crippen LogP contribution in [-0.2, 0) is 11.8 Å². The van der Waals surface area contributed by atoms with Gasteiger partial charge in [-0.3, -0.25) is 4.99 Å². The fraction of sp³-hybridized carbons (Fsp3) is 0.261. The lowest BCUT2D eigenvalue weighted by molar-refractivity contribution is 0.670. The molecule has 0 aromatic heterocycles. The quantitative estimate of drug-likeness (QED) is 0.118. The van der Waals surface area contributed by atoms with Gasteiger partial charge in [0.05, 0.1) is 11.7 Å². The molecule has 1 atom stereocenters. The summed E-state index contributed by atoms with van der Waals surface area (Å²) in [6.45, 7) is 17.0. The van der Waals surface area contributed by atoms with Gasteiger partial charge in [0.15, 0.2) is 11.7 Å². The lowest BCUT2D eigenvalue weighted by Crippen LogP contribution is -2.14. The van der Waals surface area contributed by atoms with Crippen LogP contribution >= 0.6 is 0 Å². The molecule has 0 amide bonds. The molecule has 0 N–H and O–H groups in total. The Bertz CT molecular complexity index is 1960. The van der Waals surface area contributed by atoms with Gasteiger partial charge in [0.1, 0.15) is 0 Å². The van der Waals surface area contributed by atoms with Gasteiger partial charge in [-0.15, -0.1) is 0 Å². The Hall–Kier alpha value is -5.22. The van der Waals surface area contributed by atoms with Crippen molar-refractivity contribution in [3.63, 3.8) is 0 Å². The Morgan fingerprint density at radius 2 is 1.58 bits per heavy atom. The maximum atomic E-state index is 5.15. The Morgan fingerprint density at radius 3 is 2.30 bits per heavy atom. The van der Waals surface area contributed by atoms with Gasteiger partial charge in [-0.1, -0.05) is 142 Å². The monoisotopic (exact) mass is 658 g/mol. The van der Waals surface area contributed by atoms with E-state index in [0.717, 1.165) is 59.5 Å². The first-order valence-corrected chi connectivity index (χ1v) is 17.7. The van der Waals surface area contributed by atoms with E-state index in [0.29, 0.717) is 11.5 Å². The lowest BCUT2D eigenvalue weighted by atomic mass is 9.83. The molecule has 0 aliphatic heterocycles. The molecule has 0 heterocycles. The van der Waals surface area contributed by atoms with Crippen LogP contribution in [0.3, 0.4) is 0 Å². The van der Waals surface area contributed by atoms with Gasteiger partial charge in [0.25, 0.3) is 0 Å². The summed E-state index contributed by atoms with van der Waals surface area (Å²) in [6, 6.07) is 25.3. The van der Waals surface area contributed by atoms with E-state index in [4.69, 9.17) is 15.0 Å². The van der Waals surface area contributed by atoms with Crippen LogP contribution in [0.5, 0.6) is 0 Å². The van der Waals surface area contributed by atoms with Crippen LogP contribution in [0.25, 0.3) is 11.8 Å². The maximum absolute atomic E-state index is 5.15. The summed E-state index contributed by atoms with van der Waals surface area (Å²) in [6.07, 6.45) is 23.6. The zero-order valence-corrected chi connectivity index (χ0v) is 30.5. The molecule has 1 unspecified atom stereocenters. The van der Waals surface area contributed by atoms with E-state index < -0.39 is 0 Å². The second-order valence-electron chi connectivity index (χ2n) is 13.5. The standard InChI is InChI=1S/C46H50N4/c1-8-47-44(40-23-13-10-14-24-40)48-34(3)33(2)19-18-32-46(6,7)41-30-28-38(29-31-41)36(5)50-45(49-35(4)37-20-11-9-12-21-37)43-27-17-25-39-22-15-16-26-42(39)43/h8-9,11-13,16-21,23-32,34H,4,10,14-15,22H2,1-3,5-7H3/b32-18+,33-19+,47-8?,48-44?,49-45?,50-36?. The van der Waals surface area contributed by atoms with Crippen molar-refractivity contribution in [2.45, 2.75) is 78.7 Å². The summed E-state index contributed by atoms with van der Waals surface area (Å²) in [7, 11) is 0. The van der Waals surface area contributed by atoms with E-state index in [9.17, 15) is 0 Å². The predicted octanol–water partition coefficient (Wildman–Crippen LogP) is 11.5. The summed E-state index contributed by atoms with van der Waals surface area (Å²) in [5.74, 6) is 1.47. The summed E-state index contributed by atoms with van der Waals surface area (Å²) >= 11 is 0. The second-order valence-corrected chi connectivity index (χ2v) is 13.5. The molecule has 0 fully saturated rings. The fourth-order valence-electron chi connectivity index (χ4n) is 6.04. The van der Waals surface area contributed by atoms with Crippen LogP contribution in [0.2, 0.25) is 0 Å². The lowest BCUT2D eigenvalue weighted by Gasteiger charge is -2.21. The molecule has 3 aromatic carbocycles. The molecule has 0 saturated heterocycles. The minimum absolute atomic E-state index is 0.0231. The second kappa shape index (κ2) is 16.9. The zero-order chi connectivity index (χ0) is 35.5. The van der Waals surface area contributed by atoms with Crippen molar-refractivity contribution >= 4 is 35.4 Å². The van der Waals surface area contributed by atoms with Crippen LogP contribution in [0.1, 0.15) is 94.2 Å². The largest absolute Gasteiger partial charge is 0.259 e. The molecular weight excluding hydrogens is 609 g/mol. The summed E-state index contributed by atoms with van der Waals surface area (Å²) < 4.78 is 0. The van der Waals surface area contributed by atoms with Crippen molar-refractivity contribution in [3.8, 4) is 0 Å². The Labute approximate surface area is 299 Å². The van der Waals surface area contributed by atoms with Crippen LogP contribution in [0.15, 0.2) is 153 Å². The summed E-state index contributed by atoms with van der Waals surface area (Å²) in [5, 5.41) is 0. The van der Waals surface area contributed by atoms with Crippen molar-refractivity contribution in [3.05, 3.63) is 166 Å². The number of allylic oxidation sites excluding steroid dienone is 6. The number of rotatable bonds is 10. The molecule has 0 saturated carbocycles. The molecule has 2 aliphatic rings. The van der Waals surface area contributed by atoms with Crippen molar-refractivity contribution in [2.75, 3.05) is 0 Å². The third-order valence-electron chi connectivity index (χ3n) is 9.32. The molecule has 0 spiro atoms. The molecule has 254 valence electrons. The van der Waals surface area contributed by atoms with Gasteiger partial charge in [-0.25, -0.2) is 15.0 Å². The van der Waals surface area contributed by atoms with Crippen molar-refractivity contribution in [1.29, 1.82) is 0 Å². The zero-order valence-electron chi connectivity index (χ0n) is 30.5. The van der Waals surface area contributed by atoms with Gasteiger partial charge >= 0.3 is 0 Å². The van der Waals surface area contributed by atoms with E-state index in [-0.39, 0.29) is 11.5 Å². The number of aryl methyl sites for hydroxylation is 1. The van der Waals surface area contributed by atoms with Crippen molar-refractivity contribution in [2.24, 2.45) is 20.0 Å². The molecule has 0 radical (unpaired) electrons. The fourth-order valence-corrected chi connectivity index (χ4v) is 6.04. The summed E-state index contributed by atoms with van der Waals surface area (Å²) in [5.41, 5.74) is 10.5. The van der Waals surface area contributed by atoms with Gasteiger partial charge in [0.2, 0.25) is 0 Å². The number of nitrogens with zero attached hydrogens (tertiary/aromatic N) is 4. The number of aliphatic imine (C=N–C) groups is 4. The first kappa shape index (κ1) is 36.1. The highest BCUT2D eigenvalue weighted by atomic mass is 14.9. The van der Waals surface area contributed by atoms with Crippen LogP contribution in [0.4, 0.5) is 0 Å². The Morgan fingerprint density at radius 1 is 0.820 bits per heavy atom. The predicted molar refractivity (Wildman–Crippen MR) is 218 cm³/mol. The minimum atomic E-state index is -0.169. The highest BCUT2D eigenvalue weighted by molar-refractivity contribution is 6.14. The first-order chi connectivity index (χ1) is 24.2. The molecule has 0 bridgehead atoms. The Balaban J connectivity index is 1.36. The molecule has 2 aliphatic carbocycles. The average molecular weight is 659 g/mol. The topological polar surface area (TPSA) is 49.4 Å². The van der Waals surface area contributed by atoms with Crippen molar-refractivity contribution in [1.82, 2.24) is 0 Å². The van der Waals surface area contributed by atoms with Crippen LogP contribution in [0, 0.1) is 0 Å². The van der Waals surface area contributed by atoms with Gasteiger partial charge in [-0.05, 0) is 86.8 Å². The molecule has 4 nitrogen and oxygen atoms in total. The van der Waals surface area contributed by atoms with Crippen LogP contribution in [-0.4, -0.2) is 29.6 Å². The maximum Gasteiger partial charge on any atom is 0.160 e. The third kappa shape index (κ3) is 9.26. The van der Waals surface area contributed by atoms with E-state index in [1.165, 1.54) is 22.3 Å².